The second-order valence-corrected chi connectivity index (χ2v) is 2.33. The summed E-state index contributed by atoms with van der Waals surface area (Å²) in [6, 6.07) is 0. The molecule has 0 aromatic rings. The molecular formula is C5H2F6O4Sn. The van der Waals surface area contributed by atoms with Gasteiger partial charge in [-0.25, -0.2) is 9.59 Å². The molecule has 0 rings (SSSR count). The van der Waals surface area contributed by atoms with Crippen molar-refractivity contribution >= 4 is 35.8 Å². The van der Waals surface area contributed by atoms with Gasteiger partial charge >= 0.3 is 29.7 Å². The number of carboxylic acids is 2. The van der Waals surface area contributed by atoms with E-state index in [1.807, 2.05) is 0 Å². The Balaban J connectivity index is 0. The number of rotatable bonds is 4. The molecule has 0 unspecified atom stereocenters. The van der Waals surface area contributed by atoms with E-state index >= 15 is 0 Å². The van der Waals surface area contributed by atoms with Crippen molar-refractivity contribution in [2.45, 2.75) is 17.8 Å². The smallest absolute Gasteiger partial charge is 0.411 e. The summed E-state index contributed by atoms with van der Waals surface area (Å²) >= 11 is 0. The molecular weight excluding hydrogens is 357 g/mol. The quantitative estimate of drug-likeness (QED) is 0.572. The van der Waals surface area contributed by atoms with Crippen molar-refractivity contribution in [1.29, 1.82) is 0 Å². The van der Waals surface area contributed by atoms with Crippen LogP contribution in [-0.2, 0) is 9.59 Å². The Morgan fingerprint density at radius 2 is 0.938 bits per heavy atom. The van der Waals surface area contributed by atoms with Gasteiger partial charge in [0.1, 0.15) is 0 Å². The van der Waals surface area contributed by atoms with Crippen molar-refractivity contribution in [3.63, 3.8) is 0 Å². The van der Waals surface area contributed by atoms with Gasteiger partial charge in [-0.3, -0.25) is 0 Å². The Bertz CT molecular complexity index is 275. The standard InChI is InChI=1S/C5H2F6O4.Sn/c6-3(7,1(12)13)5(10,11)4(8,9)2(14)15;/h(H,12,13)(H,14,15);. The maximum Gasteiger partial charge on any atom is 0.411 e. The van der Waals surface area contributed by atoms with Gasteiger partial charge in [-0.05, 0) is 0 Å². The van der Waals surface area contributed by atoms with Gasteiger partial charge in [0.2, 0.25) is 0 Å². The molecule has 4 radical (unpaired) electrons. The minimum atomic E-state index is -6.53. The summed E-state index contributed by atoms with van der Waals surface area (Å²) < 4.78 is 72.8. The average molecular weight is 359 g/mol. The van der Waals surface area contributed by atoms with E-state index < -0.39 is 29.7 Å². The van der Waals surface area contributed by atoms with Crippen molar-refractivity contribution in [3.8, 4) is 0 Å². The molecule has 0 aliphatic heterocycles. The third kappa shape index (κ3) is 2.35. The molecule has 0 atom stereocenters. The molecule has 0 aromatic carbocycles. The van der Waals surface area contributed by atoms with Crippen LogP contribution in [-0.4, -0.2) is 63.8 Å². The zero-order chi connectivity index (χ0) is 12.7. The van der Waals surface area contributed by atoms with Crippen LogP contribution in [0.3, 0.4) is 0 Å². The maximum absolute atomic E-state index is 12.2. The second kappa shape index (κ2) is 4.67. The Kier molecular flexibility index (Phi) is 5.17. The van der Waals surface area contributed by atoms with Gasteiger partial charge in [-0.1, -0.05) is 0 Å². The van der Waals surface area contributed by atoms with Crippen LogP contribution in [0.25, 0.3) is 0 Å². The molecule has 0 bridgehead atoms. The Morgan fingerprint density at radius 3 is 1.06 bits per heavy atom. The maximum atomic E-state index is 12.2. The predicted octanol–water partition coefficient (Wildman–Crippen LogP) is 0.681. The molecule has 2 N–H and O–H groups in total. The monoisotopic (exact) mass is 360 g/mol. The number of halogens is 6. The second-order valence-electron chi connectivity index (χ2n) is 2.33. The van der Waals surface area contributed by atoms with E-state index in [0.29, 0.717) is 0 Å². The first kappa shape index (κ1) is 17.7. The van der Waals surface area contributed by atoms with Gasteiger partial charge in [-0.15, -0.1) is 0 Å². The van der Waals surface area contributed by atoms with Gasteiger partial charge in [-0.2, -0.15) is 26.3 Å². The molecule has 0 spiro atoms. The van der Waals surface area contributed by atoms with Gasteiger partial charge in [0.25, 0.3) is 0 Å². The molecule has 0 aliphatic carbocycles. The first-order valence-electron chi connectivity index (χ1n) is 2.99. The van der Waals surface area contributed by atoms with Crippen molar-refractivity contribution < 1.29 is 46.1 Å². The van der Waals surface area contributed by atoms with Crippen molar-refractivity contribution in [1.82, 2.24) is 0 Å². The number of hydrogen-bond acceptors (Lipinski definition) is 2. The summed E-state index contributed by atoms with van der Waals surface area (Å²) in [5.74, 6) is -26.0. The van der Waals surface area contributed by atoms with Gasteiger partial charge in [0.05, 0.1) is 0 Å². The van der Waals surface area contributed by atoms with Crippen molar-refractivity contribution in [2.24, 2.45) is 0 Å². The largest absolute Gasteiger partial charge is 0.477 e. The first-order chi connectivity index (χ1) is 6.39. The fourth-order valence-corrected chi connectivity index (χ4v) is 0.466. The van der Waals surface area contributed by atoms with Crippen LogP contribution < -0.4 is 0 Å². The molecule has 16 heavy (non-hydrogen) atoms. The van der Waals surface area contributed by atoms with Crippen LogP contribution in [0.4, 0.5) is 26.3 Å². The van der Waals surface area contributed by atoms with E-state index in [9.17, 15) is 35.9 Å². The zero-order valence-electron chi connectivity index (χ0n) is 6.98. The van der Waals surface area contributed by atoms with Crippen LogP contribution >= 0.6 is 0 Å². The van der Waals surface area contributed by atoms with Crippen LogP contribution in [0, 0.1) is 0 Å². The molecule has 92 valence electrons. The van der Waals surface area contributed by atoms with E-state index in [2.05, 4.69) is 0 Å². The Morgan fingerprint density at radius 1 is 0.750 bits per heavy atom. The van der Waals surface area contributed by atoms with Crippen molar-refractivity contribution in [3.05, 3.63) is 0 Å². The van der Waals surface area contributed by atoms with Gasteiger partial charge in [0, 0.05) is 23.9 Å². The Hall–Kier alpha value is -0.681. The molecule has 0 aliphatic rings. The number of carboxylic acid groups (broad SMARTS) is 2. The number of aliphatic carboxylic acids is 2. The summed E-state index contributed by atoms with van der Waals surface area (Å²) in [5.41, 5.74) is 0. The molecule has 4 nitrogen and oxygen atoms in total. The SMILES string of the molecule is O=C(O)C(F)(F)C(F)(F)C(F)(F)C(=O)O.[Sn]. The van der Waals surface area contributed by atoms with Crippen molar-refractivity contribution in [2.75, 3.05) is 0 Å². The average Bonchev–Trinajstić information content (AvgIpc) is 2.02. The van der Waals surface area contributed by atoms with Crippen LogP contribution in [0.2, 0.25) is 0 Å². The molecule has 0 fully saturated rings. The number of hydrogen-bond donors (Lipinski definition) is 2. The zero-order valence-corrected chi connectivity index (χ0v) is 9.83. The third-order valence-corrected chi connectivity index (χ3v) is 1.33. The van der Waals surface area contributed by atoms with Crippen LogP contribution in [0.5, 0.6) is 0 Å². The fourth-order valence-electron chi connectivity index (χ4n) is 0.466. The molecule has 11 heteroatoms. The normalized spacial score (nSPS) is 12.9. The molecule has 0 heterocycles. The molecule has 0 saturated heterocycles. The van der Waals surface area contributed by atoms with E-state index in [0.717, 1.165) is 0 Å². The van der Waals surface area contributed by atoms with E-state index in [1.54, 1.807) is 0 Å². The summed E-state index contributed by atoms with van der Waals surface area (Å²) in [5, 5.41) is 15.1. The van der Waals surface area contributed by atoms with E-state index in [1.165, 1.54) is 0 Å². The molecule has 0 amide bonds. The number of carbonyl (C=O) groups is 2. The fraction of sp³-hybridized carbons (Fsp3) is 0.600. The summed E-state index contributed by atoms with van der Waals surface area (Å²) in [4.78, 5) is 19.2. The number of alkyl halides is 6. The van der Waals surface area contributed by atoms with Gasteiger partial charge in [0.15, 0.2) is 0 Å². The Labute approximate surface area is 100 Å². The third-order valence-electron chi connectivity index (χ3n) is 1.33. The topological polar surface area (TPSA) is 74.6 Å². The van der Waals surface area contributed by atoms with E-state index in [4.69, 9.17) is 10.2 Å². The predicted molar refractivity (Wildman–Crippen MR) is 35.9 cm³/mol. The minimum Gasteiger partial charge on any atom is -0.477 e. The molecule has 0 saturated carbocycles. The van der Waals surface area contributed by atoms with E-state index in [-0.39, 0.29) is 23.9 Å². The summed E-state index contributed by atoms with van der Waals surface area (Å²) in [6.45, 7) is 0. The first-order valence-corrected chi connectivity index (χ1v) is 2.99. The molecule has 0 aromatic heterocycles. The summed E-state index contributed by atoms with van der Waals surface area (Å²) in [7, 11) is 0. The van der Waals surface area contributed by atoms with Crippen LogP contribution in [0.1, 0.15) is 0 Å². The van der Waals surface area contributed by atoms with Crippen LogP contribution in [0.15, 0.2) is 0 Å². The summed E-state index contributed by atoms with van der Waals surface area (Å²) in [6.07, 6.45) is 0. The minimum absolute atomic E-state index is 0. The van der Waals surface area contributed by atoms with Gasteiger partial charge < -0.3 is 10.2 Å².